The van der Waals surface area contributed by atoms with Crippen LogP contribution in [0.2, 0.25) is 5.02 Å². The second kappa shape index (κ2) is 6.63. The van der Waals surface area contributed by atoms with Crippen molar-refractivity contribution in [3.05, 3.63) is 35.6 Å². The molecule has 1 N–H and O–H groups in total. The van der Waals surface area contributed by atoms with E-state index >= 15 is 0 Å². The molecule has 1 unspecified atom stereocenters. The molecule has 0 saturated heterocycles. The molecule has 0 bridgehead atoms. The number of rotatable bonds is 6. The van der Waals surface area contributed by atoms with Crippen LogP contribution >= 0.6 is 11.6 Å². The van der Waals surface area contributed by atoms with Gasteiger partial charge in [0, 0.05) is 25.5 Å². The summed E-state index contributed by atoms with van der Waals surface area (Å²) in [5.74, 6) is 1.40. The predicted octanol–water partition coefficient (Wildman–Crippen LogP) is 2.98. The van der Waals surface area contributed by atoms with Gasteiger partial charge < -0.3 is 14.8 Å². The molecule has 6 heteroatoms. The molecule has 1 atom stereocenters. The summed E-state index contributed by atoms with van der Waals surface area (Å²) in [6.07, 6.45) is 3.61. The second-order valence-electron chi connectivity index (χ2n) is 4.44. The number of imidazole rings is 1. The number of hydrogen-bond donors (Lipinski definition) is 1. The topological polar surface area (TPSA) is 48.3 Å². The molecule has 1 heterocycles. The number of benzene rings is 1. The van der Waals surface area contributed by atoms with Crippen LogP contribution in [0.25, 0.3) is 5.69 Å². The van der Waals surface area contributed by atoms with Crippen LogP contribution in [0.3, 0.4) is 0 Å². The van der Waals surface area contributed by atoms with Crippen molar-refractivity contribution in [1.82, 2.24) is 9.55 Å². The number of hydrogen-bond acceptors (Lipinski definition) is 4. The zero-order chi connectivity index (χ0) is 14.5. The van der Waals surface area contributed by atoms with Crippen LogP contribution in [0.15, 0.2) is 30.6 Å². The number of methoxy groups -OCH3 is 2. The number of halogens is 1. The first kappa shape index (κ1) is 14.7. The van der Waals surface area contributed by atoms with Crippen molar-refractivity contribution < 1.29 is 9.47 Å². The molecule has 5 nitrogen and oxygen atoms in total. The summed E-state index contributed by atoms with van der Waals surface area (Å²) in [5.41, 5.74) is 0.917. The molecule has 1 aromatic carbocycles. The Morgan fingerprint density at radius 1 is 1.40 bits per heavy atom. The Kier molecular flexibility index (Phi) is 4.87. The van der Waals surface area contributed by atoms with E-state index in [1.54, 1.807) is 20.4 Å². The van der Waals surface area contributed by atoms with Gasteiger partial charge >= 0.3 is 0 Å². The van der Waals surface area contributed by atoms with Gasteiger partial charge in [-0.05, 0) is 25.1 Å². The smallest absolute Gasteiger partial charge is 0.207 e. The molecule has 108 valence electrons. The second-order valence-corrected chi connectivity index (χ2v) is 4.85. The maximum absolute atomic E-state index is 6.16. The largest absolute Gasteiger partial charge is 0.495 e. The minimum atomic E-state index is 0.162. The Bertz CT molecular complexity index is 571. The molecular formula is C14H18ClN3O2. The summed E-state index contributed by atoms with van der Waals surface area (Å²) in [4.78, 5) is 4.31. The summed E-state index contributed by atoms with van der Waals surface area (Å²) in [5, 5.41) is 3.85. The first-order valence-corrected chi connectivity index (χ1v) is 6.66. The van der Waals surface area contributed by atoms with E-state index in [1.165, 1.54) is 0 Å². The maximum Gasteiger partial charge on any atom is 0.207 e. The van der Waals surface area contributed by atoms with Crippen LogP contribution in [0.4, 0.5) is 5.95 Å². The molecule has 1 aromatic heterocycles. The monoisotopic (exact) mass is 295 g/mol. The Labute approximate surface area is 123 Å². The highest BCUT2D eigenvalue weighted by Crippen LogP contribution is 2.27. The van der Waals surface area contributed by atoms with Crippen molar-refractivity contribution in [3.8, 4) is 11.4 Å². The van der Waals surface area contributed by atoms with Gasteiger partial charge in [-0.25, -0.2) is 4.98 Å². The number of nitrogens with one attached hydrogen (secondary N) is 1. The zero-order valence-corrected chi connectivity index (χ0v) is 12.5. The van der Waals surface area contributed by atoms with E-state index in [0.717, 1.165) is 11.6 Å². The van der Waals surface area contributed by atoms with Gasteiger partial charge in [-0.3, -0.25) is 4.57 Å². The minimum Gasteiger partial charge on any atom is -0.495 e. The van der Waals surface area contributed by atoms with Crippen LogP contribution < -0.4 is 10.1 Å². The van der Waals surface area contributed by atoms with Crippen molar-refractivity contribution in [2.45, 2.75) is 13.0 Å². The van der Waals surface area contributed by atoms with Crippen molar-refractivity contribution >= 4 is 17.5 Å². The molecule has 0 amide bonds. The number of nitrogens with zero attached hydrogens (tertiary/aromatic N) is 2. The highest BCUT2D eigenvalue weighted by atomic mass is 35.5. The van der Waals surface area contributed by atoms with Gasteiger partial charge in [-0.15, -0.1) is 0 Å². The molecule has 0 spiro atoms. The summed E-state index contributed by atoms with van der Waals surface area (Å²) in [7, 11) is 3.27. The van der Waals surface area contributed by atoms with Crippen molar-refractivity contribution in [1.29, 1.82) is 0 Å². The van der Waals surface area contributed by atoms with Crippen LogP contribution in [0.1, 0.15) is 6.92 Å². The molecule has 0 radical (unpaired) electrons. The summed E-state index contributed by atoms with van der Waals surface area (Å²) in [6, 6.07) is 5.77. The minimum absolute atomic E-state index is 0.162. The SMILES string of the molecule is COCC(C)Nc1nccn1-c1ccc(OC)c(Cl)c1. The lowest BCUT2D eigenvalue weighted by Gasteiger charge is -2.15. The normalized spacial score (nSPS) is 12.2. The van der Waals surface area contributed by atoms with E-state index in [9.17, 15) is 0 Å². The van der Waals surface area contributed by atoms with Gasteiger partial charge in [0.2, 0.25) is 5.95 Å². The molecule has 0 saturated carbocycles. The van der Waals surface area contributed by atoms with Gasteiger partial charge in [0.15, 0.2) is 0 Å². The molecular weight excluding hydrogens is 278 g/mol. The van der Waals surface area contributed by atoms with Crippen molar-refractivity contribution in [3.63, 3.8) is 0 Å². The molecule has 0 aliphatic heterocycles. The number of aromatic nitrogens is 2. The highest BCUT2D eigenvalue weighted by Gasteiger charge is 2.10. The lowest BCUT2D eigenvalue weighted by molar-refractivity contribution is 0.190. The van der Waals surface area contributed by atoms with Gasteiger partial charge in [0.1, 0.15) is 5.75 Å². The van der Waals surface area contributed by atoms with Crippen LogP contribution in [0.5, 0.6) is 5.75 Å². The first-order valence-electron chi connectivity index (χ1n) is 6.28. The van der Waals surface area contributed by atoms with Gasteiger partial charge in [0.25, 0.3) is 0 Å². The van der Waals surface area contributed by atoms with E-state index in [-0.39, 0.29) is 6.04 Å². The summed E-state index contributed by atoms with van der Waals surface area (Å²) >= 11 is 6.16. The molecule has 20 heavy (non-hydrogen) atoms. The fraction of sp³-hybridized carbons (Fsp3) is 0.357. The quantitative estimate of drug-likeness (QED) is 0.890. The Hall–Kier alpha value is -1.72. The van der Waals surface area contributed by atoms with Gasteiger partial charge in [-0.2, -0.15) is 0 Å². The summed E-state index contributed by atoms with van der Waals surface area (Å²) in [6.45, 7) is 2.64. The Morgan fingerprint density at radius 2 is 2.20 bits per heavy atom. The van der Waals surface area contributed by atoms with Gasteiger partial charge in [-0.1, -0.05) is 11.6 Å². The first-order chi connectivity index (χ1) is 9.65. The third kappa shape index (κ3) is 3.23. The summed E-state index contributed by atoms with van der Waals surface area (Å²) < 4.78 is 12.2. The van der Waals surface area contributed by atoms with Crippen LogP contribution in [-0.2, 0) is 4.74 Å². The van der Waals surface area contributed by atoms with E-state index in [4.69, 9.17) is 21.1 Å². The zero-order valence-electron chi connectivity index (χ0n) is 11.8. The lowest BCUT2D eigenvalue weighted by atomic mass is 10.3. The third-order valence-corrected chi connectivity index (χ3v) is 3.14. The predicted molar refractivity (Wildman–Crippen MR) is 80.1 cm³/mol. The van der Waals surface area contributed by atoms with Crippen LogP contribution in [0, 0.1) is 0 Å². The van der Waals surface area contributed by atoms with E-state index in [2.05, 4.69) is 10.3 Å². The van der Waals surface area contributed by atoms with Gasteiger partial charge in [0.05, 0.1) is 24.4 Å². The molecule has 2 aromatic rings. The number of anilines is 1. The highest BCUT2D eigenvalue weighted by molar-refractivity contribution is 6.32. The fourth-order valence-electron chi connectivity index (χ4n) is 1.94. The van der Waals surface area contributed by atoms with E-state index in [0.29, 0.717) is 17.4 Å². The van der Waals surface area contributed by atoms with E-state index < -0.39 is 0 Å². The Morgan fingerprint density at radius 3 is 2.85 bits per heavy atom. The molecule has 0 aliphatic rings. The number of ether oxygens (including phenoxy) is 2. The molecule has 0 aliphatic carbocycles. The average Bonchev–Trinajstić information content (AvgIpc) is 2.87. The average molecular weight is 296 g/mol. The van der Waals surface area contributed by atoms with E-state index in [1.807, 2.05) is 35.9 Å². The van der Waals surface area contributed by atoms with Crippen LogP contribution in [-0.4, -0.2) is 36.4 Å². The van der Waals surface area contributed by atoms with Crippen molar-refractivity contribution in [2.75, 3.05) is 26.1 Å². The Balaban J connectivity index is 2.25. The molecule has 0 fully saturated rings. The standard InChI is InChI=1S/C14H18ClN3O2/c1-10(9-19-2)17-14-16-6-7-18(14)11-4-5-13(20-3)12(15)8-11/h4-8,10H,9H2,1-3H3,(H,16,17). The molecule has 2 rings (SSSR count). The fourth-order valence-corrected chi connectivity index (χ4v) is 2.19. The van der Waals surface area contributed by atoms with Crippen molar-refractivity contribution in [2.24, 2.45) is 0 Å². The maximum atomic E-state index is 6.16. The third-order valence-electron chi connectivity index (χ3n) is 2.85. The lowest BCUT2D eigenvalue weighted by Crippen LogP contribution is -2.22.